The summed E-state index contributed by atoms with van der Waals surface area (Å²) in [7, 11) is 0. The lowest BCUT2D eigenvalue weighted by Crippen LogP contribution is -1.82. The Kier molecular flexibility index (Phi) is 1.81. The fourth-order valence-electron chi connectivity index (χ4n) is 0. The van der Waals surface area contributed by atoms with Gasteiger partial charge in [-0.3, -0.25) is 4.99 Å². The molecule has 0 unspecified atom stereocenters. The molecule has 0 atom stereocenters. The molecular formula is C4H8N. The second kappa shape index (κ2) is 1.94. The summed E-state index contributed by atoms with van der Waals surface area (Å²) in [6.45, 7) is 8.66. The summed E-state index contributed by atoms with van der Waals surface area (Å²) in [5.41, 5.74) is 0. The van der Waals surface area contributed by atoms with E-state index >= 15 is 0 Å². The van der Waals surface area contributed by atoms with E-state index in [9.17, 15) is 0 Å². The largest absolute Gasteiger partial charge is 0.289 e. The van der Waals surface area contributed by atoms with Gasteiger partial charge in [0.25, 0.3) is 0 Å². The van der Waals surface area contributed by atoms with Crippen LogP contribution in [0.25, 0.3) is 0 Å². The van der Waals surface area contributed by atoms with Crippen molar-refractivity contribution in [1.82, 2.24) is 0 Å². The Labute approximate surface area is 32.7 Å². The number of hydrogen-bond donors (Lipinski definition) is 0. The van der Waals surface area contributed by atoms with Crippen LogP contribution in [0.3, 0.4) is 0 Å². The molecule has 0 aliphatic rings. The molecule has 0 amide bonds. The normalized spacial score (nSPS) is 8.60. The highest BCUT2D eigenvalue weighted by Gasteiger charge is 1.74. The van der Waals surface area contributed by atoms with Crippen molar-refractivity contribution >= 4 is 6.72 Å². The van der Waals surface area contributed by atoms with E-state index in [4.69, 9.17) is 6.72 Å². The summed E-state index contributed by atoms with van der Waals surface area (Å²) in [6.07, 6.45) is 0. The minimum Gasteiger partial charge on any atom is -0.289 e. The monoisotopic (exact) mass is 70.1 g/mol. The molecule has 0 saturated heterocycles. The average molecular weight is 70.1 g/mol. The van der Waals surface area contributed by atoms with Crippen LogP contribution in [-0.2, 0) is 0 Å². The van der Waals surface area contributed by atoms with Crippen LogP contribution >= 0.6 is 0 Å². The topological polar surface area (TPSA) is 12.4 Å². The highest BCUT2D eigenvalue weighted by molar-refractivity contribution is 5.23. The quantitative estimate of drug-likeness (QED) is 0.408. The van der Waals surface area contributed by atoms with Crippen molar-refractivity contribution < 1.29 is 0 Å². The maximum Gasteiger partial charge on any atom is 0.0443 e. The van der Waals surface area contributed by atoms with E-state index in [2.05, 4.69) is 4.99 Å². The van der Waals surface area contributed by atoms with Crippen molar-refractivity contribution in [3.63, 3.8) is 0 Å². The maximum absolute atomic E-state index is 4.80. The molecule has 0 aliphatic heterocycles. The van der Waals surface area contributed by atoms with Crippen LogP contribution in [0.1, 0.15) is 13.8 Å². The molecule has 0 N–H and O–H groups in total. The van der Waals surface area contributed by atoms with Crippen LogP contribution in [0, 0.1) is 0 Å². The first-order valence-corrected chi connectivity index (χ1v) is 1.67. The summed E-state index contributed by atoms with van der Waals surface area (Å²) in [5.74, 6) is 0. The molecule has 0 heterocycles. The standard InChI is InChI=1S/C4H8N/c1-4(2)5-3/h3-4H,1-2H3. The molecule has 0 aromatic carbocycles. The Hall–Kier alpha value is -0.330. The Morgan fingerprint density at radius 1 is 1.60 bits per heavy atom. The highest BCUT2D eigenvalue weighted by atomic mass is 14.7. The number of nitrogens with zero attached hydrogens (tertiary/aromatic N) is 1. The Morgan fingerprint density at radius 2 is 1.80 bits per heavy atom. The minimum atomic E-state index is 0.287. The van der Waals surface area contributed by atoms with Crippen molar-refractivity contribution in [3.05, 3.63) is 0 Å². The molecule has 0 rings (SSSR count). The van der Waals surface area contributed by atoms with Gasteiger partial charge < -0.3 is 0 Å². The van der Waals surface area contributed by atoms with E-state index in [1.54, 1.807) is 0 Å². The molecule has 0 aliphatic carbocycles. The molecule has 0 bridgehead atoms. The molecule has 0 saturated carbocycles. The van der Waals surface area contributed by atoms with Crippen LogP contribution in [0.5, 0.6) is 0 Å². The summed E-state index contributed by atoms with van der Waals surface area (Å²) in [6, 6.07) is 0.287. The predicted octanol–water partition coefficient (Wildman–Crippen LogP) is 0.972. The van der Waals surface area contributed by atoms with Gasteiger partial charge in [0.2, 0.25) is 0 Å². The smallest absolute Gasteiger partial charge is 0.0443 e. The van der Waals surface area contributed by atoms with Crippen molar-refractivity contribution in [2.75, 3.05) is 0 Å². The van der Waals surface area contributed by atoms with E-state index in [1.807, 2.05) is 13.8 Å². The first kappa shape index (κ1) is 4.67. The zero-order chi connectivity index (χ0) is 4.28. The molecule has 1 nitrogen and oxygen atoms in total. The van der Waals surface area contributed by atoms with Crippen LogP contribution in [-0.4, -0.2) is 12.8 Å². The average Bonchev–Trinajstić information content (AvgIpc) is 1.38. The second-order valence-electron chi connectivity index (χ2n) is 1.24. The van der Waals surface area contributed by atoms with Crippen LogP contribution < -0.4 is 0 Å². The van der Waals surface area contributed by atoms with Gasteiger partial charge in [-0.1, -0.05) is 0 Å². The molecule has 0 spiro atoms. The third kappa shape index (κ3) is 3.67. The maximum atomic E-state index is 4.80. The van der Waals surface area contributed by atoms with Crippen LogP contribution in [0.2, 0.25) is 0 Å². The van der Waals surface area contributed by atoms with Gasteiger partial charge in [-0.2, -0.15) is 0 Å². The molecule has 1 heteroatoms. The molecular weight excluding hydrogens is 62.1 g/mol. The summed E-state index contributed by atoms with van der Waals surface area (Å²) >= 11 is 0. The third-order valence-electron chi connectivity index (χ3n) is 0.298. The molecule has 5 heavy (non-hydrogen) atoms. The zero-order valence-corrected chi connectivity index (χ0v) is 3.60. The SMILES string of the molecule is [CH]=NC(C)C. The van der Waals surface area contributed by atoms with Crippen molar-refractivity contribution in [2.24, 2.45) is 4.99 Å². The minimum absolute atomic E-state index is 0.287. The van der Waals surface area contributed by atoms with Gasteiger partial charge in [-0.25, -0.2) is 0 Å². The lowest BCUT2D eigenvalue weighted by atomic mass is 10.4. The van der Waals surface area contributed by atoms with Crippen LogP contribution in [0.4, 0.5) is 0 Å². The van der Waals surface area contributed by atoms with Gasteiger partial charge >= 0.3 is 0 Å². The Bertz CT molecular complexity index is 30.6. The van der Waals surface area contributed by atoms with E-state index in [1.165, 1.54) is 0 Å². The first-order chi connectivity index (χ1) is 2.27. The summed E-state index contributed by atoms with van der Waals surface area (Å²) in [5, 5.41) is 0. The first-order valence-electron chi connectivity index (χ1n) is 1.67. The summed E-state index contributed by atoms with van der Waals surface area (Å²) < 4.78 is 0. The molecule has 0 aromatic heterocycles. The molecule has 29 valence electrons. The van der Waals surface area contributed by atoms with Crippen molar-refractivity contribution in [1.29, 1.82) is 0 Å². The fourth-order valence-corrected chi connectivity index (χ4v) is 0. The lowest BCUT2D eigenvalue weighted by Gasteiger charge is -1.84. The van der Waals surface area contributed by atoms with Gasteiger partial charge in [-0.05, 0) is 13.8 Å². The number of aliphatic imine (C=N–C) groups is 1. The predicted molar refractivity (Wildman–Crippen MR) is 23.6 cm³/mol. The lowest BCUT2D eigenvalue weighted by molar-refractivity contribution is 0.844. The molecule has 0 fully saturated rings. The van der Waals surface area contributed by atoms with Gasteiger partial charge in [0.1, 0.15) is 0 Å². The van der Waals surface area contributed by atoms with Crippen molar-refractivity contribution in [2.45, 2.75) is 19.9 Å². The molecule has 1 radical (unpaired) electrons. The second-order valence-corrected chi connectivity index (χ2v) is 1.24. The van der Waals surface area contributed by atoms with E-state index in [0.29, 0.717) is 0 Å². The van der Waals surface area contributed by atoms with E-state index in [0.717, 1.165) is 0 Å². The van der Waals surface area contributed by atoms with Crippen molar-refractivity contribution in [3.8, 4) is 0 Å². The van der Waals surface area contributed by atoms with Crippen LogP contribution in [0.15, 0.2) is 4.99 Å². The van der Waals surface area contributed by atoms with Gasteiger partial charge in [0.05, 0.1) is 0 Å². The Morgan fingerprint density at radius 3 is 1.80 bits per heavy atom. The fraction of sp³-hybridized carbons (Fsp3) is 0.750. The van der Waals surface area contributed by atoms with Gasteiger partial charge in [0, 0.05) is 12.8 Å². The highest BCUT2D eigenvalue weighted by Crippen LogP contribution is 1.77. The van der Waals surface area contributed by atoms with E-state index in [-0.39, 0.29) is 6.04 Å². The zero-order valence-electron chi connectivity index (χ0n) is 3.60. The number of hydrogen-bond acceptors (Lipinski definition) is 1. The van der Waals surface area contributed by atoms with Gasteiger partial charge in [-0.15, -0.1) is 0 Å². The van der Waals surface area contributed by atoms with Gasteiger partial charge in [0.15, 0.2) is 0 Å². The number of rotatable bonds is 1. The summed E-state index contributed by atoms with van der Waals surface area (Å²) in [4.78, 5) is 3.39. The third-order valence-corrected chi connectivity index (χ3v) is 0.298. The van der Waals surface area contributed by atoms with E-state index < -0.39 is 0 Å². The molecule has 0 aromatic rings. The Balaban J connectivity index is 2.83.